The highest BCUT2D eigenvalue weighted by Crippen LogP contribution is 2.77. The van der Waals surface area contributed by atoms with Gasteiger partial charge in [0, 0.05) is 0 Å². The van der Waals surface area contributed by atoms with Crippen LogP contribution in [0.3, 0.4) is 0 Å². The molecule has 3 nitrogen and oxygen atoms in total. The topological polar surface area (TPSA) is 57.5 Å². The monoisotopic (exact) mass is 484 g/mol. The number of hydrogen-bond donors (Lipinski definition) is 2. The lowest BCUT2D eigenvalue weighted by Crippen LogP contribution is -2.68. The number of aliphatic hydroxyl groups excluding tert-OH is 1. The minimum absolute atomic E-state index is 0.0234. The molecule has 0 heterocycles. The number of aliphatic carboxylic acids is 1. The van der Waals surface area contributed by atoms with Crippen LogP contribution in [0.5, 0.6) is 0 Å². The Morgan fingerprint density at radius 1 is 0.857 bits per heavy atom. The Morgan fingerprint density at radius 3 is 2.23 bits per heavy atom. The quantitative estimate of drug-likeness (QED) is 0.401. The number of carbonyl (C=O) groups is 1. The number of fused-ring (bicyclic) bond motifs is 7. The van der Waals surface area contributed by atoms with Crippen LogP contribution in [0, 0.1) is 56.7 Å². The van der Waals surface area contributed by atoms with Crippen molar-refractivity contribution in [3.63, 3.8) is 0 Å². The van der Waals surface area contributed by atoms with E-state index in [2.05, 4.69) is 48.1 Å². The second-order valence-electron chi connectivity index (χ2n) is 15.0. The predicted molar refractivity (Wildman–Crippen MR) is 142 cm³/mol. The molecule has 5 aliphatic carbocycles. The van der Waals surface area contributed by atoms with E-state index in [9.17, 15) is 15.0 Å². The van der Waals surface area contributed by atoms with Gasteiger partial charge < -0.3 is 10.2 Å². The third-order valence-corrected chi connectivity index (χ3v) is 14.1. The van der Waals surface area contributed by atoms with Crippen LogP contribution in [0.4, 0.5) is 0 Å². The average molecular weight is 485 g/mol. The molecule has 0 bridgehead atoms. The first-order chi connectivity index (χ1) is 16.3. The van der Waals surface area contributed by atoms with Gasteiger partial charge >= 0.3 is 5.97 Å². The van der Waals surface area contributed by atoms with Gasteiger partial charge in [-0.05, 0) is 122 Å². The lowest BCUT2D eigenvalue weighted by atomic mass is 9.31. The van der Waals surface area contributed by atoms with Crippen LogP contribution in [-0.4, -0.2) is 22.3 Å². The molecule has 5 saturated carbocycles. The second-order valence-corrected chi connectivity index (χ2v) is 15.0. The maximum Gasteiger partial charge on any atom is 0.309 e. The van der Waals surface area contributed by atoms with Crippen molar-refractivity contribution < 1.29 is 15.0 Å². The summed E-state index contributed by atoms with van der Waals surface area (Å²) in [6, 6.07) is 0. The summed E-state index contributed by atoms with van der Waals surface area (Å²) in [4.78, 5) is 13.0. The molecule has 0 saturated heterocycles. The standard InChI is InChI=1S/C32H52O3/c1-8-20(2)21-10-9-15-32(27(34)35)19-18-30(6)22(26(21)32)11-12-24-29(5)16-14-25(33)28(3,4)23(29)13-17-31(24,30)7/h21-26,33H,2,8-19H2,1,3-7H3,(H,34,35)/t21?,22?,23?,24?,25?,26?,29?,30-,31?,32?/m1/s1. The predicted octanol–water partition coefficient (Wildman–Crippen LogP) is 7.87. The van der Waals surface area contributed by atoms with Gasteiger partial charge in [0.25, 0.3) is 0 Å². The van der Waals surface area contributed by atoms with Gasteiger partial charge in [-0.25, -0.2) is 0 Å². The summed E-state index contributed by atoms with van der Waals surface area (Å²) >= 11 is 0. The Bertz CT molecular complexity index is 891. The van der Waals surface area contributed by atoms with Crippen molar-refractivity contribution >= 4 is 5.97 Å². The van der Waals surface area contributed by atoms with Gasteiger partial charge in [-0.3, -0.25) is 4.79 Å². The summed E-state index contributed by atoms with van der Waals surface area (Å²) in [7, 11) is 0. The van der Waals surface area contributed by atoms with Crippen molar-refractivity contribution in [1.82, 2.24) is 0 Å². The largest absolute Gasteiger partial charge is 0.481 e. The Labute approximate surface area is 214 Å². The smallest absolute Gasteiger partial charge is 0.309 e. The van der Waals surface area contributed by atoms with Crippen LogP contribution in [0.25, 0.3) is 0 Å². The van der Waals surface area contributed by atoms with Gasteiger partial charge in [-0.1, -0.05) is 60.1 Å². The van der Waals surface area contributed by atoms with Gasteiger partial charge in [0.15, 0.2) is 0 Å². The van der Waals surface area contributed by atoms with Crippen LogP contribution >= 0.6 is 0 Å². The Kier molecular flexibility index (Phi) is 5.96. The van der Waals surface area contributed by atoms with Gasteiger partial charge in [0.05, 0.1) is 11.5 Å². The zero-order valence-electron chi connectivity index (χ0n) is 23.5. The molecule has 3 heteroatoms. The fraction of sp³-hybridized carbons (Fsp3) is 0.906. The van der Waals surface area contributed by atoms with E-state index in [4.69, 9.17) is 0 Å². The lowest BCUT2D eigenvalue weighted by Gasteiger charge is -2.73. The third-order valence-electron chi connectivity index (χ3n) is 14.1. The number of hydrogen-bond acceptors (Lipinski definition) is 2. The Hall–Kier alpha value is -0.830. The summed E-state index contributed by atoms with van der Waals surface area (Å²) in [6.45, 7) is 19.1. The highest BCUT2D eigenvalue weighted by molar-refractivity contribution is 5.76. The van der Waals surface area contributed by atoms with Gasteiger partial charge in [0.1, 0.15) is 0 Å². The Balaban J connectivity index is 1.57. The van der Waals surface area contributed by atoms with Crippen molar-refractivity contribution in [2.75, 3.05) is 0 Å². The fourth-order valence-electron chi connectivity index (χ4n) is 11.9. The van der Waals surface area contributed by atoms with Crippen LogP contribution < -0.4 is 0 Å². The first-order valence-electron chi connectivity index (χ1n) is 14.9. The van der Waals surface area contributed by atoms with Gasteiger partial charge in [0.2, 0.25) is 0 Å². The minimum atomic E-state index is -0.549. The van der Waals surface area contributed by atoms with Crippen molar-refractivity contribution in [3.8, 4) is 0 Å². The van der Waals surface area contributed by atoms with Crippen LogP contribution in [0.1, 0.15) is 119 Å². The number of allylic oxidation sites excluding steroid dienone is 1. The molecule has 2 N–H and O–H groups in total. The van der Waals surface area contributed by atoms with E-state index in [1.54, 1.807) is 0 Å². The van der Waals surface area contributed by atoms with Crippen LogP contribution in [0.2, 0.25) is 0 Å². The van der Waals surface area contributed by atoms with E-state index in [0.717, 1.165) is 51.4 Å². The fourth-order valence-corrected chi connectivity index (χ4v) is 11.9. The zero-order chi connectivity index (χ0) is 25.6. The number of carboxylic acids is 1. The molecule has 198 valence electrons. The number of aliphatic hydroxyl groups is 1. The van der Waals surface area contributed by atoms with Crippen molar-refractivity contribution in [2.45, 2.75) is 125 Å². The molecule has 0 radical (unpaired) electrons. The van der Waals surface area contributed by atoms with E-state index in [1.807, 2.05) is 0 Å². The summed E-state index contributed by atoms with van der Waals surface area (Å²) in [6.07, 6.45) is 12.6. The summed E-state index contributed by atoms with van der Waals surface area (Å²) in [5.74, 6) is 1.79. The molecule has 0 aliphatic heterocycles. The molecular weight excluding hydrogens is 432 g/mol. The molecular formula is C32H52O3. The lowest BCUT2D eigenvalue weighted by molar-refractivity contribution is -0.255. The molecule has 5 aliphatic rings. The third kappa shape index (κ3) is 3.15. The summed E-state index contributed by atoms with van der Waals surface area (Å²) < 4.78 is 0. The van der Waals surface area contributed by atoms with E-state index >= 15 is 0 Å². The molecule has 5 rings (SSSR count). The molecule has 9 unspecified atom stereocenters. The molecule has 10 atom stereocenters. The van der Waals surface area contributed by atoms with E-state index in [-0.39, 0.29) is 33.7 Å². The molecule has 0 aromatic rings. The van der Waals surface area contributed by atoms with Crippen LogP contribution in [-0.2, 0) is 4.79 Å². The molecule has 0 spiro atoms. The first kappa shape index (κ1) is 25.8. The van der Waals surface area contributed by atoms with Crippen molar-refractivity contribution in [2.24, 2.45) is 56.7 Å². The highest BCUT2D eigenvalue weighted by atomic mass is 16.4. The molecule has 35 heavy (non-hydrogen) atoms. The van der Waals surface area contributed by atoms with Gasteiger partial charge in [-0.2, -0.15) is 0 Å². The van der Waals surface area contributed by atoms with E-state index < -0.39 is 11.4 Å². The number of carboxylic acid groups (broad SMARTS) is 1. The van der Waals surface area contributed by atoms with E-state index in [1.165, 1.54) is 31.3 Å². The molecule has 5 fully saturated rings. The molecule has 0 amide bonds. The minimum Gasteiger partial charge on any atom is -0.481 e. The maximum atomic E-state index is 13.0. The first-order valence-corrected chi connectivity index (χ1v) is 14.9. The normalized spacial score (nSPS) is 52.9. The number of rotatable bonds is 3. The average Bonchev–Trinajstić information content (AvgIpc) is 2.81. The molecule has 0 aromatic carbocycles. The summed E-state index contributed by atoms with van der Waals surface area (Å²) in [5, 5.41) is 21.6. The molecule has 0 aromatic heterocycles. The maximum absolute atomic E-state index is 13.0. The second kappa shape index (κ2) is 8.08. The van der Waals surface area contributed by atoms with Crippen molar-refractivity contribution in [3.05, 3.63) is 12.2 Å². The zero-order valence-corrected chi connectivity index (χ0v) is 23.5. The highest BCUT2D eigenvalue weighted by Gasteiger charge is 2.71. The van der Waals surface area contributed by atoms with Crippen molar-refractivity contribution in [1.29, 1.82) is 0 Å². The van der Waals surface area contributed by atoms with Gasteiger partial charge in [-0.15, -0.1) is 0 Å². The summed E-state index contributed by atoms with van der Waals surface area (Å²) in [5.41, 5.74) is 1.41. The SMILES string of the molecule is C=C(CC)C1CCCC2(C(=O)O)CC[C@]3(C)C(CCC4C5(C)CCC(O)C(C)(C)C5CCC43C)C12. The Morgan fingerprint density at radius 2 is 1.57 bits per heavy atom. The van der Waals surface area contributed by atoms with E-state index in [0.29, 0.717) is 23.7 Å². The van der Waals surface area contributed by atoms with Crippen LogP contribution in [0.15, 0.2) is 12.2 Å².